The first-order valence-electron chi connectivity index (χ1n) is 9.43. The van der Waals surface area contributed by atoms with Crippen LogP contribution in [0.15, 0.2) is 18.3 Å². The van der Waals surface area contributed by atoms with E-state index in [0.29, 0.717) is 6.54 Å². The summed E-state index contributed by atoms with van der Waals surface area (Å²) in [6.07, 6.45) is 4.33. The number of likely N-dealkylation sites (N-methyl/N-ethyl adjacent to an activating group) is 1. The molecule has 1 unspecified atom stereocenters. The van der Waals surface area contributed by atoms with Gasteiger partial charge in [0, 0.05) is 18.3 Å². The summed E-state index contributed by atoms with van der Waals surface area (Å²) in [7, 11) is 3.86. The topological polar surface area (TPSA) is 82.2 Å². The molecule has 2 rings (SSSR count). The molecule has 146 valence electrons. The van der Waals surface area contributed by atoms with E-state index < -0.39 is 11.1 Å². The number of hydrogen-bond acceptors (Lipinski definition) is 5. The summed E-state index contributed by atoms with van der Waals surface area (Å²) < 4.78 is 0. The summed E-state index contributed by atoms with van der Waals surface area (Å²) in [6.45, 7) is 10.0. The number of amides is 2. The van der Waals surface area contributed by atoms with Gasteiger partial charge >= 0.3 is 6.03 Å². The largest absolute Gasteiger partial charge is 0.338 e. The van der Waals surface area contributed by atoms with Crippen LogP contribution in [0, 0.1) is 0 Å². The van der Waals surface area contributed by atoms with Gasteiger partial charge in [-0.2, -0.15) is 10.2 Å². The van der Waals surface area contributed by atoms with Crippen molar-refractivity contribution in [1.82, 2.24) is 31.0 Å². The maximum absolute atomic E-state index is 13.2. The zero-order valence-corrected chi connectivity index (χ0v) is 17.0. The van der Waals surface area contributed by atoms with E-state index in [2.05, 4.69) is 53.8 Å². The van der Waals surface area contributed by atoms with E-state index in [1.165, 1.54) is 0 Å². The van der Waals surface area contributed by atoms with Crippen LogP contribution in [-0.4, -0.2) is 59.4 Å². The van der Waals surface area contributed by atoms with E-state index in [-0.39, 0.29) is 11.6 Å². The Bertz CT molecular complexity index is 603. The van der Waals surface area contributed by atoms with E-state index in [1.807, 2.05) is 31.1 Å². The second-order valence-electron chi connectivity index (χ2n) is 8.16. The normalized spacial score (nSPS) is 24.3. The molecule has 0 bridgehead atoms. The molecule has 2 heterocycles. The summed E-state index contributed by atoms with van der Waals surface area (Å²) in [5, 5.41) is 18.2. The first-order chi connectivity index (χ1) is 12.2. The van der Waals surface area contributed by atoms with Gasteiger partial charge in [-0.15, -0.1) is 0 Å². The van der Waals surface area contributed by atoms with Crippen molar-refractivity contribution in [2.75, 3.05) is 27.2 Å². The number of piperidine rings is 1. The summed E-state index contributed by atoms with van der Waals surface area (Å²) in [5.41, 5.74) is -0.332. The van der Waals surface area contributed by atoms with Crippen LogP contribution in [-0.2, 0) is 5.54 Å². The van der Waals surface area contributed by atoms with Crippen LogP contribution in [0.2, 0.25) is 0 Å². The minimum atomic E-state index is -0.493. The van der Waals surface area contributed by atoms with Crippen molar-refractivity contribution in [3.05, 3.63) is 24.0 Å². The van der Waals surface area contributed by atoms with Crippen LogP contribution in [0.4, 0.5) is 4.79 Å². The molecule has 0 spiro atoms. The molecule has 1 aromatic heterocycles. The number of urea groups is 1. The van der Waals surface area contributed by atoms with E-state index in [4.69, 9.17) is 0 Å². The maximum atomic E-state index is 13.2. The summed E-state index contributed by atoms with van der Waals surface area (Å²) in [4.78, 5) is 15.2. The third-order valence-corrected chi connectivity index (χ3v) is 5.84. The molecule has 0 radical (unpaired) electrons. The van der Waals surface area contributed by atoms with Gasteiger partial charge in [-0.05, 0) is 79.7 Å². The Hall–Kier alpha value is -1.73. The van der Waals surface area contributed by atoms with Crippen molar-refractivity contribution in [3.8, 4) is 0 Å². The monoisotopic (exact) mass is 362 g/mol. The Balaban J connectivity index is 2.37. The van der Waals surface area contributed by atoms with Gasteiger partial charge in [0.2, 0.25) is 0 Å². The van der Waals surface area contributed by atoms with Crippen LogP contribution in [0.5, 0.6) is 0 Å². The predicted molar refractivity (Wildman–Crippen MR) is 104 cm³/mol. The summed E-state index contributed by atoms with van der Waals surface area (Å²) >= 11 is 0. The van der Waals surface area contributed by atoms with Crippen LogP contribution in [0.25, 0.3) is 0 Å². The number of likely N-dealkylation sites (tertiary alicyclic amines) is 1. The molecule has 1 atom stereocenters. The fourth-order valence-electron chi connectivity index (χ4n) is 4.46. The number of nitrogens with one attached hydrogen (secondary N) is 3. The van der Waals surface area contributed by atoms with Gasteiger partial charge in [-0.3, -0.25) is 0 Å². The van der Waals surface area contributed by atoms with Gasteiger partial charge in [0.05, 0.1) is 16.8 Å². The average molecular weight is 363 g/mol. The molecule has 1 aliphatic heterocycles. The number of carbonyl (C=O) groups excluding carboxylic acids is 1. The van der Waals surface area contributed by atoms with E-state index >= 15 is 0 Å². The molecule has 26 heavy (non-hydrogen) atoms. The fraction of sp³-hybridized carbons (Fsp3) is 0.737. The quantitative estimate of drug-likeness (QED) is 0.673. The predicted octanol–water partition coefficient (Wildman–Crippen LogP) is 1.86. The Morgan fingerprint density at radius 3 is 2.50 bits per heavy atom. The highest BCUT2D eigenvalue weighted by Crippen LogP contribution is 2.49. The standard InChI is InChI=1S/C19H34N6O/c1-17(2)10-11-19(21-6,15-9-7-14-23-24-15)18(3,4)25(17)16(26)22-13-8-12-20-5/h7,9,14,20-21H,8,10-13H2,1-6H3,(H,22,26). The molecular weight excluding hydrogens is 328 g/mol. The average Bonchev–Trinajstić information content (AvgIpc) is 2.59. The molecule has 0 aliphatic carbocycles. The molecule has 2 amide bonds. The number of hydrogen-bond donors (Lipinski definition) is 3. The Morgan fingerprint density at radius 1 is 1.19 bits per heavy atom. The van der Waals surface area contributed by atoms with Crippen molar-refractivity contribution in [2.24, 2.45) is 0 Å². The van der Waals surface area contributed by atoms with Crippen molar-refractivity contribution < 1.29 is 4.79 Å². The maximum Gasteiger partial charge on any atom is 0.318 e. The van der Waals surface area contributed by atoms with Crippen LogP contribution < -0.4 is 16.0 Å². The molecule has 1 aliphatic rings. The van der Waals surface area contributed by atoms with Gasteiger partial charge in [0.25, 0.3) is 0 Å². The van der Waals surface area contributed by atoms with E-state index in [0.717, 1.165) is 31.5 Å². The number of carbonyl (C=O) groups is 1. The summed E-state index contributed by atoms with van der Waals surface area (Å²) in [6, 6.07) is 3.87. The molecule has 3 N–H and O–H groups in total. The SMILES string of the molecule is CNCCCNC(=O)N1C(C)(C)CCC(NC)(c2cccnn2)C1(C)C. The number of nitrogens with zero attached hydrogens (tertiary/aromatic N) is 3. The van der Waals surface area contributed by atoms with Crippen molar-refractivity contribution in [1.29, 1.82) is 0 Å². The zero-order valence-electron chi connectivity index (χ0n) is 17.0. The highest BCUT2D eigenvalue weighted by atomic mass is 16.2. The lowest BCUT2D eigenvalue weighted by atomic mass is 9.65. The second kappa shape index (κ2) is 7.88. The smallest absolute Gasteiger partial charge is 0.318 e. The first-order valence-corrected chi connectivity index (χ1v) is 9.43. The molecule has 1 saturated heterocycles. The Morgan fingerprint density at radius 2 is 1.92 bits per heavy atom. The highest BCUT2D eigenvalue weighted by Gasteiger charge is 2.58. The molecule has 0 aromatic carbocycles. The first kappa shape index (κ1) is 20.6. The lowest BCUT2D eigenvalue weighted by Gasteiger charge is -2.61. The molecule has 1 aromatic rings. The number of rotatable bonds is 6. The Kier molecular flexibility index (Phi) is 6.24. The van der Waals surface area contributed by atoms with Crippen molar-refractivity contribution >= 4 is 6.03 Å². The van der Waals surface area contributed by atoms with Gasteiger partial charge in [0.1, 0.15) is 0 Å². The Labute approximate surface area is 157 Å². The van der Waals surface area contributed by atoms with Crippen LogP contribution in [0.1, 0.15) is 52.7 Å². The van der Waals surface area contributed by atoms with Crippen molar-refractivity contribution in [3.63, 3.8) is 0 Å². The molecule has 1 fully saturated rings. The van der Waals surface area contributed by atoms with E-state index in [9.17, 15) is 4.79 Å². The third kappa shape index (κ3) is 3.55. The zero-order chi connectivity index (χ0) is 19.4. The molecular formula is C19H34N6O. The van der Waals surface area contributed by atoms with Crippen molar-refractivity contribution in [2.45, 2.75) is 63.6 Å². The van der Waals surface area contributed by atoms with Gasteiger partial charge in [0.15, 0.2) is 0 Å². The van der Waals surface area contributed by atoms with Gasteiger partial charge in [-0.1, -0.05) is 0 Å². The number of aromatic nitrogens is 2. The molecule has 0 saturated carbocycles. The lowest BCUT2D eigenvalue weighted by molar-refractivity contribution is -0.0608. The fourth-order valence-corrected chi connectivity index (χ4v) is 4.46. The van der Waals surface area contributed by atoms with Gasteiger partial charge < -0.3 is 20.9 Å². The molecule has 7 nitrogen and oxygen atoms in total. The summed E-state index contributed by atoms with van der Waals surface area (Å²) in [5.74, 6) is 0. The minimum Gasteiger partial charge on any atom is -0.338 e. The second-order valence-corrected chi connectivity index (χ2v) is 8.16. The molecule has 7 heteroatoms. The minimum absolute atomic E-state index is 0.0284. The third-order valence-electron chi connectivity index (χ3n) is 5.84. The van der Waals surface area contributed by atoms with Gasteiger partial charge in [-0.25, -0.2) is 4.79 Å². The van der Waals surface area contributed by atoms with E-state index in [1.54, 1.807) is 6.20 Å². The van der Waals surface area contributed by atoms with Crippen LogP contribution in [0.3, 0.4) is 0 Å². The lowest BCUT2D eigenvalue weighted by Crippen LogP contribution is -2.75. The highest BCUT2D eigenvalue weighted by molar-refractivity contribution is 5.76. The van der Waals surface area contributed by atoms with Crippen LogP contribution >= 0.6 is 0 Å².